The van der Waals surface area contributed by atoms with Gasteiger partial charge in [-0.3, -0.25) is 0 Å². The molecule has 2 aromatic rings. The van der Waals surface area contributed by atoms with Gasteiger partial charge in [-0.25, -0.2) is 9.50 Å². The number of ether oxygens (including phenoxy) is 1. The lowest BCUT2D eigenvalue weighted by atomic mass is 10.1. The zero-order valence-electron chi connectivity index (χ0n) is 10.6. The van der Waals surface area contributed by atoms with Crippen LogP contribution in [0.1, 0.15) is 19.5 Å². The van der Waals surface area contributed by atoms with Crippen molar-refractivity contribution in [1.82, 2.24) is 14.6 Å². The molecule has 0 fully saturated rings. The van der Waals surface area contributed by atoms with Crippen LogP contribution in [-0.2, 0) is 11.2 Å². The first-order valence-electron chi connectivity index (χ1n) is 5.79. The summed E-state index contributed by atoms with van der Waals surface area (Å²) in [5, 5.41) is 4.03. The molecule has 2 rings (SSSR count). The van der Waals surface area contributed by atoms with Crippen molar-refractivity contribution in [3.63, 3.8) is 0 Å². The number of hydrogen-bond acceptors (Lipinski definition) is 3. The zero-order chi connectivity index (χ0) is 14.1. The Morgan fingerprint density at radius 2 is 2.05 bits per heavy atom. The summed E-state index contributed by atoms with van der Waals surface area (Å²) in [7, 11) is 0. The zero-order valence-corrected chi connectivity index (χ0v) is 10.6. The second kappa shape index (κ2) is 4.80. The van der Waals surface area contributed by atoms with E-state index in [9.17, 15) is 13.2 Å². The van der Waals surface area contributed by atoms with E-state index >= 15 is 0 Å². The topological polar surface area (TPSA) is 39.4 Å². The van der Waals surface area contributed by atoms with E-state index in [4.69, 9.17) is 4.74 Å². The van der Waals surface area contributed by atoms with Crippen molar-refractivity contribution in [1.29, 1.82) is 0 Å². The van der Waals surface area contributed by atoms with Gasteiger partial charge in [0, 0.05) is 12.6 Å². The molecule has 2 heterocycles. The van der Waals surface area contributed by atoms with Gasteiger partial charge >= 0.3 is 6.18 Å². The number of imidazole rings is 1. The monoisotopic (exact) mass is 273 g/mol. The van der Waals surface area contributed by atoms with Crippen LogP contribution in [0.4, 0.5) is 13.2 Å². The minimum Gasteiger partial charge on any atom is -0.366 e. The van der Waals surface area contributed by atoms with Gasteiger partial charge in [-0.15, -0.1) is 0 Å². The first-order chi connectivity index (χ1) is 8.79. The van der Waals surface area contributed by atoms with Gasteiger partial charge < -0.3 is 4.74 Å². The third kappa shape index (κ3) is 3.04. The molecule has 7 heteroatoms. The van der Waals surface area contributed by atoms with Crippen LogP contribution in [0, 0.1) is 0 Å². The first-order valence-corrected chi connectivity index (χ1v) is 5.79. The lowest BCUT2D eigenvalue weighted by molar-refractivity contribution is -0.263. The molecule has 0 unspecified atom stereocenters. The fourth-order valence-corrected chi connectivity index (χ4v) is 1.49. The molecule has 0 N–H and O–H groups in total. The second-order valence-corrected chi connectivity index (χ2v) is 4.67. The Balaban J connectivity index is 1.96. The maximum absolute atomic E-state index is 12.6. The van der Waals surface area contributed by atoms with E-state index in [0.717, 1.165) is 13.8 Å². The Bertz CT molecular complexity index is 530. The summed E-state index contributed by atoms with van der Waals surface area (Å²) in [5.74, 6) is 0. The van der Waals surface area contributed by atoms with Crippen molar-refractivity contribution < 1.29 is 17.9 Å². The van der Waals surface area contributed by atoms with Crippen molar-refractivity contribution in [2.24, 2.45) is 0 Å². The average molecular weight is 273 g/mol. The predicted octanol–water partition coefficient (Wildman–Crippen LogP) is 2.63. The minimum atomic E-state index is -4.38. The van der Waals surface area contributed by atoms with Crippen LogP contribution < -0.4 is 0 Å². The van der Waals surface area contributed by atoms with Crippen LogP contribution in [0.5, 0.6) is 0 Å². The molecule has 0 spiro atoms. The van der Waals surface area contributed by atoms with Gasteiger partial charge in [0.25, 0.3) is 0 Å². The summed E-state index contributed by atoms with van der Waals surface area (Å²) in [4.78, 5) is 4.23. The van der Waals surface area contributed by atoms with Crippen molar-refractivity contribution in [3.8, 4) is 0 Å². The van der Waals surface area contributed by atoms with Crippen LogP contribution in [-0.4, -0.2) is 33.0 Å². The van der Waals surface area contributed by atoms with Gasteiger partial charge in [0.05, 0.1) is 18.5 Å². The molecule has 0 aliphatic carbocycles. The third-order valence-corrected chi connectivity index (χ3v) is 2.79. The summed E-state index contributed by atoms with van der Waals surface area (Å²) in [6.45, 7) is 1.98. The third-order valence-electron chi connectivity index (χ3n) is 2.79. The Hall–Kier alpha value is -1.63. The van der Waals surface area contributed by atoms with Crippen LogP contribution in [0.2, 0.25) is 0 Å². The molecule has 19 heavy (non-hydrogen) atoms. The predicted molar refractivity (Wildman–Crippen MR) is 62.8 cm³/mol. The highest BCUT2D eigenvalue weighted by molar-refractivity contribution is 5.37. The fraction of sp³-hybridized carbons (Fsp3) is 0.500. The van der Waals surface area contributed by atoms with Crippen molar-refractivity contribution in [2.75, 3.05) is 6.61 Å². The molecule has 0 saturated heterocycles. The molecule has 0 radical (unpaired) electrons. The van der Waals surface area contributed by atoms with Gasteiger partial charge in [-0.1, -0.05) is 0 Å². The molecule has 2 aromatic heterocycles. The van der Waals surface area contributed by atoms with Gasteiger partial charge in [0.2, 0.25) is 0 Å². The highest BCUT2D eigenvalue weighted by atomic mass is 19.4. The Labute approximate surface area is 108 Å². The number of alkyl halides is 3. The maximum Gasteiger partial charge on any atom is 0.416 e. The number of halogens is 3. The number of nitrogens with zero attached hydrogens (tertiary/aromatic N) is 3. The van der Waals surface area contributed by atoms with Crippen LogP contribution in [0.3, 0.4) is 0 Å². The van der Waals surface area contributed by atoms with Crippen LogP contribution in [0.15, 0.2) is 24.5 Å². The summed E-state index contributed by atoms with van der Waals surface area (Å²) < 4.78 is 44.2. The lowest BCUT2D eigenvalue weighted by Crippen LogP contribution is -2.42. The number of rotatable bonds is 4. The summed E-state index contributed by atoms with van der Waals surface area (Å²) in [6, 6.07) is 3.52. The SMILES string of the molecule is CC(C)(OCCc1cn2ncccc2n1)C(F)(F)F. The highest BCUT2D eigenvalue weighted by Gasteiger charge is 2.48. The molecule has 0 saturated carbocycles. The van der Waals surface area contributed by atoms with E-state index in [0.29, 0.717) is 17.8 Å². The van der Waals surface area contributed by atoms with Crippen molar-refractivity contribution in [2.45, 2.75) is 32.0 Å². The second-order valence-electron chi connectivity index (χ2n) is 4.67. The van der Waals surface area contributed by atoms with E-state index in [1.807, 2.05) is 0 Å². The smallest absolute Gasteiger partial charge is 0.366 e. The maximum atomic E-state index is 12.6. The lowest BCUT2D eigenvalue weighted by Gasteiger charge is -2.27. The van der Waals surface area contributed by atoms with E-state index in [1.54, 1.807) is 29.0 Å². The molecule has 0 aromatic carbocycles. The Morgan fingerprint density at radius 1 is 1.32 bits per heavy atom. The molecular formula is C12H14F3N3O. The molecule has 0 amide bonds. The van der Waals surface area contributed by atoms with Crippen molar-refractivity contribution in [3.05, 3.63) is 30.2 Å². The highest BCUT2D eigenvalue weighted by Crippen LogP contribution is 2.32. The van der Waals surface area contributed by atoms with Gasteiger partial charge in [-0.05, 0) is 26.0 Å². The standard InChI is InChI=1S/C12H14F3N3O/c1-11(2,12(13,14)15)19-7-5-9-8-18-10(17-9)4-3-6-16-18/h3-4,6,8H,5,7H2,1-2H3. The fourth-order valence-electron chi connectivity index (χ4n) is 1.49. The Kier molecular flexibility index (Phi) is 3.49. The normalized spacial score (nSPS) is 13.1. The van der Waals surface area contributed by atoms with Crippen molar-refractivity contribution >= 4 is 5.65 Å². The van der Waals surface area contributed by atoms with E-state index in [-0.39, 0.29) is 6.61 Å². The molecular weight excluding hydrogens is 259 g/mol. The van der Waals surface area contributed by atoms with Gasteiger partial charge in [0.1, 0.15) is 0 Å². The number of aromatic nitrogens is 3. The molecule has 0 aliphatic rings. The average Bonchev–Trinajstić information content (AvgIpc) is 2.69. The number of fused-ring (bicyclic) bond motifs is 1. The molecule has 0 atom stereocenters. The van der Waals surface area contributed by atoms with E-state index in [1.165, 1.54) is 0 Å². The summed E-state index contributed by atoms with van der Waals surface area (Å²) >= 11 is 0. The summed E-state index contributed by atoms with van der Waals surface area (Å²) in [5.41, 5.74) is -0.839. The molecule has 0 bridgehead atoms. The minimum absolute atomic E-state index is 0.0452. The summed E-state index contributed by atoms with van der Waals surface area (Å²) in [6.07, 6.45) is -0.780. The Morgan fingerprint density at radius 3 is 2.68 bits per heavy atom. The first kappa shape index (κ1) is 13.8. The van der Waals surface area contributed by atoms with Gasteiger partial charge in [0.15, 0.2) is 11.2 Å². The molecule has 4 nitrogen and oxygen atoms in total. The largest absolute Gasteiger partial charge is 0.416 e. The van der Waals surface area contributed by atoms with Crippen LogP contribution in [0.25, 0.3) is 5.65 Å². The van der Waals surface area contributed by atoms with E-state index in [2.05, 4.69) is 10.1 Å². The van der Waals surface area contributed by atoms with Crippen LogP contribution >= 0.6 is 0 Å². The molecule has 0 aliphatic heterocycles. The van der Waals surface area contributed by atoms with Gasteiger partial charge in [-0.2, -0.15) is 18.3 Å². The number of hydrogen-bond donors (Lipinski definition) is 0. The van der Waals surface area contributed by atoms with E-state index < -0.39 is 11.8 Å². The quantitative estimate of drug-likeness (QED) is 0.859. The molecule has 104 valence electrons.